The van der Waals surface area contributed by atoms with Gasteiger partial charge in [-0.25, -0.2) is 0 Å². The molecule has 10 heavy (non-hydrogen) atoms. The van der Waals surface area contributed by atoms with E-state index in [2.05, 4.69) is 0 Å². The molecule has 0 unspecified atom stereocenters. The van der Waals surface area contributed by atoms with Crippen molar-refractivity contribution >= 4 is 6.29 Å². The van der Waals surface area contributed by atoms with Crippen LogP contribution in [0, 0.1) is 0 Å². The first-order valence-electron chi connectivity index (χ1n) is 3.00. The summed E-state index contributed by atoms with van der Waals surface area (Å²) in [6, 6.07) is 0. The fourth-order valence-corrected chi connectivity index (χ4v) is 0.501. The second kappa shape index (κ2) is 3.93. The largest absolute Gasteiger partial charge is 0.492 e. The Morgan fingerprint density at radius 1 is 1.50 bits per heavy atom. The van der Waals surface area contributed by atoms with E-state index in [0.717, 1.165) is 5.70 Å². The number of methoxy groups -OCH3 is 1. The molecule has 0 aliphatic rings. The first kappa shape index (κ1) is 9.01. The molecule has 0 saturated carbocycles. The molecule has 0 amide bonds. The fourth-order valence-electron chi connectivity index (χ4n) is 0.501. The van der Waals surface area contributed by atoms with Gasteiger partial charge in [0.2, 0.25) is 0 Å². The third-order valence-electron chi connectivity index (χ3n) is 1.35. The highest BCUT2D eigenvalue weighted by molar-refractivity contribution is 5.71. The van der Waals surface area contributed by atoms with Crippen LogP contribution in [-0.4, -0.2) is 32.4 Å². The molecule has 0 atom stereocenters. The zero-order valence-electron chi connectivity index (χ0n) is 6.84. The Morgan fingerprint density at radius 2 is 2.00 bits per heavy atom. The average molecular weight is 143 g/mol. The molecule has 0 saturated heterocycles. The molecule has 0 bridgehead atoms. The van der Waals surface area contributed by atoms with Crippen LogP contribution in [0.3, 0.4) is 0 Å². The highest BCUT2D eigenvalue weighted by Crippen LogP contribution is 2.03. The number of carbonyl (C=O) groups is 1. The summed E-state index contributed by atoms with van der Waals surface area (Å²) in [7, 11) is 5.20. The van der Waals surface area contributed by atoms with E-state index in [1.54, 1.807) is 0 Å². The first-order valence-corrected chi connectivity index (χ1v) is 3.00. The predicted molar refractivity (Wildman–Crippen MR) is 39.5 cm³/mol. The van der Waals surface area contributed by atoms with Crippen LogP contribution in [0.5, 0.6) is 0 Å². The van der Waals surface area contributed by atoms with E-state index in [0.29, 0.717) is 12.0 Å². The van der Waals surface area contributed by atoms with Gasteiger partial charge in [-0.05, 0) is 6.92 Å². The quantitative estimate of drug-likeness (QED) is 0.329. The summed E-state index contributed by atoms with van der Waals surface area (Å²) >= 11 is 0. The highest BCUT2D eigenvalue weighted by atomic mass is 16.5. The Morgan fingerprint density at radius 3 is 2.10 bits per heavy atom. The van der Waals surface area contributed by atoms with Crippen LogP contribution in [0.1, 0.15) is 6.92 Å². The molecule has 0 aromatic rings. The Hall–Kier alpha value is -0.990. The van der Waals surface area contributed by atoms with E-state index >= 15 is 0 Å². The third-order valence-corrected chi connectivity index (χ3v) is 1.35. The lowest BCUT2D eigenvalue weighted by Crippen LogP contribution is -2.12. The number of carbonyl (C=O) groups excluding carboxylic acids is 1. The number of nitrogens with zero attached hydrogens (tertiary/aromatic N) is 1. The molecule has 0 N–H and O–H groups in total. The van der Waals surface area contributed by atoms with Gasteiger partial charge in [0, 0.05) is 14.1 Å². The van der Waals surface area contributed by atoms with Gasteiger partial charge < -0.3 is 9.64 Å². The van der Waals surface area contributed by atoms with Gasteiger partial charge in [-0.15, -0.1) is 0 Å². The minimum absolute atomic E-state index is 0.380. The molecule has 3 heteroatoms. The Kier molecular flexibility index (Phi) is 3.54. The van der Waals surface area contributed by atoms with Crippen molar-refractivity contribution < 1.29 is 9.53 Å². The van der Waals surface area contributed by atoms with Crippen LogP contribution in [-0.2, 0) is 9.53 Å². The van der Waals surface area contributed by atoms with E-state index in [9.17, 15) is 4.79 Å². The summed E-state index contributed by atoms with van der Waals surface area (Å²) in [6.45, 7) is 1.83. The third kappa shape index (κ3) is 2.09. The average Bonchev–Trinajstić information content (AvgIpc) is 1.90. The van der Waals surface area contributed by atoms with Crippen molar-refractivity contribution in [3.8, 4) is 0 Å². The Balaban J connectivity index is 4.42. The molecular weight excluding hydrogens is 130 g/mol. The second-order valence-electron chi connectivity index (χ2n) is 2.17. The van der Waals surface area contributed by atoms with Crippen molar-refractivity contribution in [2.24, 2.45) is 0 Å². The van der Waals surface area contributed by atoms with Gasteiger partial charge in [-0.3, -0.25) is 4.79 Å². The molecule has 0 spiro atoms. The van der Waals surface area contributed by atoms with E-state index < -0.39 is 0 Å². The van der Waals surface area contributed by atoms with E-state index in [1.165, 1.54) is 7.11 Å². The van der Waals surface area contributed by atoms with Crippen molar-refractivity contribution in [3.05, 3.63) is 11.5 Å². The number of rotatable bonds is 3. The van der Waals surface area contributed by atoms with Crippen LogP contribution in [0.4, 0.5) is 0 Å². The second-order valence-corrected chi connectivity index (χ2v) is 2.17. The van der Waals surface area contributed by atoms with Crippen LogP contribution in [0.25, 0.3) is 0 Å². The van der Waals surface area contributed by atoms with Gasteiger partial charge in [0.15, 0.2) is 12.0 Å². The van der Waals surface area contributed by atoms with Gasteiger partial charge in [0.25, 0.3) is 0 Å². The van der Waals surface area contributed by atoms with Gasteiger partial charge in [-0.2, -0.15) is 0 Å². The van der Waals surface area contributed by atoms with Crippen LogP contribution >= 0.6 is 0 Å². The summed E-state index contributed by atoms with van der Waals surface area (Å²) in [5.41, 5.74) is 0.831. The topological polar surface area (TPSA) is 29.5 Å². The number of hydrogen-bond donors (Lipinski definition) is 0. The standard InChI is InChI=1S/C7H13NO2/c1-6(8(2)3)7(5-9)10-4/h5H,1-4H3/b7-6-. The van der Waals surface area contributed by atoms with Crippen LogP contribution in [0.15, 0.2) is 11.5 Å². The molecule has 0 fully saturated rings. The van der Waals surface area contributed by atoms with E-state index in [1.807, 2.05) is 25.9 Å². The maximum absolute atomic E-state index is 10.3. The summed E-state index contributed by atoms with van der Waals surface area (Å²) in [5.74, 6) is 0.380. The molecule has 0 aliphatic heterocycles. The number of ether oxygens (including phenoxy) is 1. The van der Waals surface area contributed by atoms with E-state index in [-0.39, 0.29) is 0 Å². The number of aldehydes is 1. The molecule has 0 aromatic heterocycles. The Labute approximate surface area is 61.3 Å². The minimum Gasteiger partial charge on any atom is -0.492 e. The highest BCUT2D eigenvalue weighted by Gasteiger charge is 2.01. The number of hydrogen-bond acceptors (Lipinski definition) is 3. The lowest BCUT2D eigenvalue weighted by Gasteiger charge is -2.14. The molecular formula is C7H13NO2. The molecule has 0 aromatic carbocycles. The SMILES string of the molecule is CO/C(C=O)=C(/C)N(C)C. The van der Waals surface area contributed by atoms with Crippen molar-refractivity contribution in [1.29, 1.82) is 0 Å². The normalized spacial score (nSPS) is 12.0. The van der Waals surface area contributed by atoms with Crippen molar-refractivity contribution in [3.63, 3.8) is 0 Å². The maximum Gasteiger partial charge on any atom is 0.186 e. The molecule has 3 nitrogen and oxygen atoms in total. The molecule has 0 aliphatic carbocycles. The number of allylic oxidation sites excluding steroid dienone is 2. The predicted octanol–water partition coefficient (Wildman–Crippen LogP) is 0.625. The van der Waals surface area contributed by atoms with Gasteiger partial charge in [0.05, 0.1) is 12.8 Å². The lowest BCUT2D eigenvalue weighted by atomic mass is 10.4. The van der Waals surface area contributed by atoms with Crippen LogP contribution in [0.2, 0.25) is 0 Å². The van der Waals surface area contributed by atoms with Crippen molar-refractivity contribution in [1.82, 2.24) is 4.90 Å². The minimum atomic E-state index is 0.380. The Bertz CT molecular complexity index is 150. The zero-order valence-corrected chi connectivity index (χ0v) is 6.84. The monoisotopic (exact) mass is 143 g/mol. The maximum atomic E-state index is 10.3. The molecule has 58 valence electrons. The van der Waals surface area contributed by atoms with Crippen molar-refractivity contribution in [2.75, 3.05) is 21.2 Å². The lowest BCUT2D eigenvalue weighted by molar-refractivity contribution is -0.107. The fraction of sp³-hybridized carbons (Fsp3) is 0.571. The molecule has 0 heterocycles. The van der Waals surface area contributed by atoms with Crippen LogP contribution < -0.4 is 0 Å². The van der Waals surface area contributed by atoms with Gasteiger partial charge in [0.1, 0.15) is 0 Å². The smallest absolute Gasteiger partial charge is 0.186 e. The van der Waals surface area contributed by atoms with Gasteiger partial charge >= 0.3 is 0 Å². The van der Waals surface area contributed by atoms with Gasteiger partial charge in [-0.1, -0.05) is 0 Å². The zero-order chi connectivity index (χ0) is 8.15. The molecule has 0 rings (SSSR count). The molecule has 0 radical (unpaired) electrons. The summed E-state index contributed by atoms with van der Waals surface area (Å²) in [5, 5.41) is 0. The summed E-state index contributed by atoms with van der Waals surface area (Å²) in [6.07, 6.45) is 0.704. The van der Waals surface area contributed by atoms with Crippen molar-refractivity contribution in [2.45, 2.75) is 6.92 Å². The van der Waals surface area contributed by atoms with E-state index in [4.69, 9.17) is 4.74 Å². The first-order chi connectivity index (χ1) is 4.63. The summed E-state index contributed by atoms with van der Waals surface area (Å²) < 4.78 is 4.79. The summed E-state index contributed by atoms with van der Waals surface area (Å²) in [4.78, 5) is 12.1.